The number of aromatic nitrogens is 4. The molecule has 2 N–H and O–H groups in total. The van der Waals surface area contributed by atoms with Gasteiger partial charge in [-0.25, -0.2) is 15.0 Å². The molecule has 6 aliphatic rings. The van der Waals surface area contributed by atoms with Gasteiger partial charge in [-0.1, -0.05) is 47.9 Å². The highest BCUT2D eigenvalue weighted by Crippen LogP contribution is 2.41. The lowest BCUT2D eigenvalue weighted by atomic mass is 9.80. The Labute approximate surface area is 489 Å². The Hall–Kier alpha value is -6.32. The maximum Gasteiger partial charge on any atom is 0.406 e. The summed E-state index contributed by atoms with van der Waals surface area (Å²) in [6.45, 7) is 6.44. The van der Waals surface area contributed by atoms with Crippen molar-refractivity contribution in [2.24, 2.45) is 0 Å². The number of hydrogen-bond donors (Lipinski definition) is 1. The number of pyridine rings is 2. The van der Waals surface area contributed by atoms with Crippen molar-refractivity contribution in [2.75, 3.05) is 59.2 Å². The van der Waals surface area contributed by atoms with Gasteiger partial charge in [-0.3, -0.25) is 0 Å². The summed E-state index contributed by atoms with van der Waals surface area (Å²) in [5.41, 5.74) is 10.8. The van der Waals surface area contributed by atoms with Crippen LogP contribution in [-0.4, -0.2) is 112 Å². The number of nitrogens with two attached hydrogens (primary N) is 1. The highest BCUT2D eigenvalue weighted by molar-refractivity contribution is 7.15. The summed E-state index contributed by atoms with van der Waals surface area (Å²) in [5, 5.41) is 14.1. The first-order chi connectivity index (χ1) is 40.0. The van der Waals surface area contributed by atoms with E-state index >= 15 is 0 Å². The van der Waals surface area contributed by atoms with E-state index in [1.54, 1.807) is 34.9 Å². The zero-order valence-electron chi connectivity index (χ0n) is 47.2. The summed E-state index contributed by atoms with van der Waals surface area (Å²) >= 11 is 3.38. The van der Waals surface area contributed by atoms with Crippen molar-refractivity contribution in [3.63, 3.8) is 0 Å². The van der Waals surface area contributed by atoms with Gasteiger partial charge in [0.05, 0.1) is 19.8 Å². The third-order valence-electron chi connectivity index (χ3n) is 16.5. The maximum atomic E-state index is 11.7. The summed E-state index contributed by atoms with van der Waals surface area (Å²) in [6.07, 6.45) is 23.7. The van der Waals surface area contributed by atoms with Crippen molar-refractivity contribution in [1.82, 2.24) is 29.7 Å². The van der Waals surface area contributed by atoms with Crippen LogP contribution in [-0.2, 0) is 32.2 Å². The van der Waals surface area contributed by atoms with Gasteiger partial charge in [0.1, 0.15) is 30.6 Å². The fourth-order valence-corrected chi connectivity index (χ4v) is 13.2. The van der Waals surface area contributed by atoms with E-state index in [2.05, 4.69) is 68.6 Å². The van der Waals surface area contributed by atoms with Gasteiger partial charge in [-0.05, 0) is 194 Å². The molecule has 6 fully saturated rings. The molecule has 6 aromatic rings. The third kappa shape index (κ3) is 14.9. The molecule has 2 unspecified atom stereocenters. The lowest BCUT2D eigenvalue weighted by molar-refractivity contribution is -0.390. The predicted molar refractivity (Wildman–Crippen MR) is 319 cm³/mol. The molecule has 8 heterocycles. The lowest BCUT2D eigenvalue weighted by Gasteiger charge is -2.40. The van der Waals surface area contributed by atoms with Gasteiger partial charge in [-0.2, -0.15) is 0 Å². The Morgan fingerprint density at radius 3 is 1.55 bits per heavy atom. The van der Waals surface area contributed by atoms with Crippen molar-refractivity contribution in [1.29, 1.82) is 0 Å². The smallest absolute Gasteiger partial charge is 0.406 e. The Morgan fingerprint density at radius 2 is 1.10 bits per heavy atom. The summed E-state index contributed by atoms with van der Waals surface area (Å²) in [6, 6.07) is 19.6. The van der Waals surface area contributed by atoms with Crippen LogP contribution in [0.25, 0.3) is 20.9 Å². The van der Waals surface area contributed by atoms with Crippen molar-refractivity contribution in [3.05, 3.63) is 128 Å². The van der Waals surface area contributed by atoms with Crippen molar-refractivity contribution in [3.8, 4) is 56.1 Å². The fraction of sp³-hybridized carbons (Fsp3) is 0.500. The molecule has 0 bridgehead atoms. The van der Waals surface area contributed by atoms with Gasteiger partial charge in [-0.15, -0.1) is 22.7 Å². The minimum absolute atomic E-state index is 0.122. The molecule has 430 valence electrons. The number of likely N-dealkylation sites (tertiary alicyclic amines) is 2. The van der Waals surface area contributed by atoms with Crippen molar-refractivity contribution >= 4 is 34.3 Å². The Bertz CT molecular complexity index is 3260. The van der Waals surface area contributed by atoms with E-state index in [-0.39, 0.29) is 36.4 Å². The molecule has 2 saturated carbocycles. The number of nitrogen functional groups attached to an aromatic ring is 1. The van der Waals surface area contributed by atoms with Gasteiger partial charge in [0.25, 0.3) is 0 Å². The van der Waals surface area contributed by atoms with E-state index in [9.17, 15) is 10.1 Å². The van der Waals surface area contributed by atoms with Crippen LogP contribution in [0, 0.1) is 33.8 Å². The fourth-order valence-electron chi connectivity index (χ4n) is 11.1. The summed E-state index contributed by atoms with van der Waals surface area (Å²) < 4.78 is 36.4. The normalized spacial score (nSPS) is 21.0. The van der Waals surface area contributed by atoms with Crippen LogP contribution in [0.15, 0.2) is 85.5 Å². The summed E-state index contributed by atoms with van der Waals surface area (Å²) in [7, 11) is 4.33. The molecule has 2 atom stereocenters. The van der Waals surface area contributed by atoms with Crippen molar-refractivity contribution < 1.29 is 33.3 Å². The molecule has 2 aromatic carbocycles. The van der Waals surface area contributed by atoms with Crippen LogP contribution in [0.4, 0.5) is 11.6 Å². The first kappa shape index (κ1) is 57.5. The van der Waals surface area contributed by atoms with Crippen LogP contribution >= 0.6 is 22.7 Å². The zero-order chi connectivity index (χ0) is 56.3. The van der Waals surface area contributed by atoms with Crippen LogP contribution in [0.3, 0.4) is 0 Å². The Morgan fingerprint density at radius 1 is 0.622 bits per heavy atom. The molecule has 12 rings (SSSR count). The van der Waals surface area contributed by atoms with E-state index in [0.717, 1.165) is 190 Å². The van der Waals surface area contributed by atoms with Gasteiger partial charge in [0.2, 0.25) is 5.75 Å². The van der Waals surface area contributed by atoms with Crippen LogP contribution < -0.4 is 15.2 Å². The molecule has 2 aliphatic carbocycles. The van der Waals surface area contributed by atoms with E-state index in [1.807, 2.05) is 60.9 Å². The topological polar surface area (TPSA) is 183 Å². The van der Waals surface area contributed by atoms with Gasteiger partial charge in [0.15, 0.2) is 24.1 Å². The average Bonchev–Trinajstić information content (AvgIpc) is 4.31. The molecule has 4 aliphatic heterocycles. The molecule has 16 nitrogen and oxygen atoms in total. The second-order valence-electron chi connectivity index (χ2n) is 22.7. The van der Waals surface area contributed by atoms with E-state index < -0.39 is 10.5 Å². The SMILES string of the molecule is CN1CCC(c2ncc(-c3cnc(N)c(OCc4cccc(C#CC5(OC6CCCCO6)CCC5)c4)c3)s2)CC1.CN1CCC(c2ncc(-c3cnc([N+](=O)[O-])c(OCc4cccc(C#CC5(OC6CCCCO6)CCC5)c4)c3)s2)CC1. The zero-order valence-corrected chi connectivity index (χ0v) is 48.8. The predicted octanol–water partition coefficient (Wildman–Crippen LogP) is 12.3. The standard InChI is InChI=1S/C32H36N4O5S.C32H38N4O3S/c1-35-15-10-25(11-16-35)31-34-21-28(42-31)26-19-27(30(33-20-26)36(37)38)40-22-24-7-4-6-23(18-24)9-14-32(12-5-13-32)41-29-8-2-3-17-39-29;1-36-15-10-25(11-16-36)31-35-21-28(40-31)26-19-27(30(33)34-20-26)38-22-24-7-4-6-23(18-24)9-14-32(12-5-13-32)39-29-8-2-3-17-37-29/h4,6-7,18-21,25,29H,2-3,5,8,10-13,15-17,22H2,1H3;4,6-7,18-21,25,29H,2-3,5,8,10-13,15-17,22H2,1H3,(H2,33,34). The number of nitro groups is 1. The quantitative estimate of drug-likeness (QED) is 0.0582. The van der Waals surface area contributed by atoms with Gasteiger partial charge in [0, 0.05) is 72.0 Å². The summed E-state index contributed by atoms with van der Waals surface area (Å²) in [4.78, 5) is 35.9. The van der Waals surface area contributed by atoms with Crippen molar-refractivity contribution in [2.45, 2.75) is 152 Å². The molecule has 18 heteroatoms. The van der Waals surface area contributed by atoms with E-state index in [4.69, 9.17) is 39.1 Å². The van der Waals surface area contributed by atoms with E-state index in [1.165, 1.54) is 11.2 Å². The number of nitrogens with zero attached hydrogens (tertiary/aromatic N) is 7. The highest BCUT2D eigenvalue weighted by Gasteiger charge is 2.41. The van der Waals surface area contributed by atoms with Gasteiger partial charge >= 0.3 is 5.82 Å². The average molecular weight is 1150 g/mol. The van der Waals surface area contributed by atoms with Crippen LogP contribution in [0.1, 0.15) is 147 Å². The maximum absolute atomic E-state index is 11.7. The number of piperidine rings is 2. The molecule has 4 aromatic heterocycles. The molecule has 82 heavy (non-hydrogen) atoms. The molecular weight excluding hydrogens is 1070 g/mol. The molecular formula is C64H74N8O8S2. The number of benzene rings is 2. The number of rotatable bonds is 15. The third-order valence-corrected chi connectivity index (χ3v) is 18.9. The number of thiazole rings is 2. The number of anilines is 1. The first-order valence-electron chi connectivity index (χ1n) is 29.3. The lowest BCUT2D eigenvalue weighted by Crippen LogP contribution is -2.43. The number of ether oxygens (including phenoxy) is 6. The molecule has 0 spiro atoms. The second kappa shape index (κ2) is 26.9. The number of hydrogen-bond acceptors (Lipinski definition) is 17. The molecule has 0 radical (unpaired) electrons. The minimum atomic E-state index is -0.508. The highest BCUT2D eigenvalue weighted by atomic mass is 32.1. The van der Waals surface area contributed by atoms with Crippen LogP contribution in [0.5, 0.6) is 11.5 Å². The molecule has 4 saturated heterocycles. The summed E-state index contributed by atoms with van der Waals surface area (Å²) in [5.74, 6) is 15.2. The first-order valence-corrected chi connectivity index (χ1v) is 30.9. The largest absolute Gasteiger partial charge is 0.485 e. The monoisotopic (exact) mass is 1150 g/mol. The van der Waals surface area contributed by atoms with E-state index in [0.29, 0.717) is 30.0 Å². The van der Waals surface area contributed by atoms with Gasteiger partial charge < -0.3 is 54.1 Å². The Balaban J connectivity index is 0.000000172. The molecule has 0 amide bonds. The second-order valence-corrected chi connectivity index (χ2v) is 24.8. The minimum Gasteiger partial charge on any atom is -0.485 e. The Kier molecular flexibility index (Phi) is 18.9. The van der Waals surface area contributed by atoms with Crippen LogP contribution in [0.2, 0.25) is 0 Å².